The van der Waals surface area contributed by atoms with Gasteiger partial charge in [-0.3, -0.25) is 23.7 Å². The van der Waals surface area contributed by atoms with Crippen LogP contribution in [0.2, 0.25) is 0 Å². The van der Waals surface area contributed by atoms with Gasteiger partial charge in [0.2, 0.25) is 5.95 Å². The predicted octanol–water partition coefficient (Wildman–Crippen LogP) is -2.39. The Kier molecular flexibility index (Phi) is 6.18. The molecule has 0 amide bonds. The first-order valence-electron chi connectivity index (χ1n) is 11.6. The monoisotopic (exact) mass is 473 g/mol. The number of hydrogen-bond acceptors (Lipinski definition) is 10. The molecule has 3 aromatic rings. The summed E-state index contributed by atoms with van der Waals surface area (Å²) >= 11 is 0. The van der Waals surface area contributed by atoms with Crippen LogP contribution in [0.25, 0.3) is 11.2 Å². The predicted molar refractivity (Wildman–Crippen MR) is 124 cm³/mol. The number of hydrogen-bond donors (Lipinski definition) is 0. The Morgan fingerprint density at radius 3 is 2.32 bits per heavy atom. The third kappa shape index (κ3) is 4.12. The van der Waals surface area contributed by atoms with E-state index in [1.165, 1.54) is 11.6 Å². The Morgan fingerprint density at radius 2 is 1.59 bits per heavy atom. The van der Waals surface area contributed by atoms with Gasteiger partial charge in [-0.1, -0.05) is 0 Å². The van der Waals surface area contributed by atoms with Gasteiger partial charge in [0.25, 0.3) is 5.56 Å². The topological polar surface area (TPSA) is 124 Å². The van der Waals surface area contributed by atoms with Gasteiger partial charge in [-0.15, -0.1) is 5.10 Å². The maximum atomic E-state index is 12.7. The van der Waals surface area contributed by atoms with Gasteiger partial charge in [0.1, 0.15) is 0 Å². The first-order valence-corrected chi connectivity index (χ1v) is 11.6. The summed E-state index contributed by atoms with van der Waals surface area (Å²) < 4.78 is 11.6. The molecule has 0 bridgehead atoms. The smallest absolute Gasteiger partial charge is 0.332 e. The van der Waals surface area contributed by atoms with E-state index in [9.17, 15) is 9.59 Å². The van der Waals surface area contributed by atoms with Crippen molar-refractivity contribution in [2.24, 2.45) is 21.1 Å². The van der Waals surface area contributed by atoms with Crippen LogP contribution in [0.1, 0.15) is 5.82 Å². The highest BCUT2D eigenvalue weighted by Gasteiger charge is 2.25. The molecule has 2 fully saturated rings. The summed E-state index contributed by atoms with van der Waals surface area (Å²) in [5, 5.41) is 12.3. The number of aromatic nitrogens is 8. The summed E-state index contributed by atoms with van der Waals surface area (Å²) in [4.78, 5) is 36.5. The maximum Gasteiger partial charge on any atom is 0.332 e. The number of fused-ring (bicyclic) bond motifs is 1. The van der Waals surface area contributed by atoms with Crippen molar-refractivity contribution in [1.29, 1.82) is 0 Å². The molecular weight excluding hydrogens is 442 g/mol. The molecular formula is C20H31N11O3. The highest BCUT2D eigenvalue weighted by Crippen LogP contribution is 2.19. The standard InChI is InChI=1S/C20H31N11O3/c1-25-16-17(26(2)20(33)27(3)18(16)32)21-19(25)30-7-4-29(5-8-30)14-15-22-23-24-31(15)9-6-28-10-12-34-13-11-28/h4-14H2,1-3H3. The first kappa shape index (κ1) is 22.7. The van der Waals surface area contributed by atoms with Gasteiger partial charge in [0, 0.05) is 67.0 Å². The molecule has 0 atom stereocenters. The van der Waals surface area contributed by atoms with E-state index >= 15 is 0 Å². The van der Waals surface area contributed by atoms with Crippen LogP contribution >= 0.6 is 0 Å². The van der Waals surface area contributed by atoms with Crippen molar-refractivity contribution in [3.63, 3.8) is 0 Å². The molecule has 0 aliphatic carbocycles. The quantitative estimate of drug-likeness (QED) is 0.383. The Bertz CT molecular complexity index is 1280. The minimum Gasteiger partial charge on any atom is -0.379 e. The normalized spacial score (nSPS) is 18.3. The molecule has 0 radical (unpaired) electrons. The summed E-state index contributed by atoms with van der Waals surface area (Å²) in [6, 6.07) is 0. The Morgan fingerprint density at radius 1 is 0.853 bits per heavy atom. The number of rotatable bonds is 6. The average molecular weight is 474 g/mol. The number of anilines is 1. The van der Waals surface area contributed by atoms with Gasteiger partial charge < -0.3 is 14.2 Å². The molecule has 2 aliphatic heterocycles. The molecule has 5 rings (SSSR count). The number of aryl methyl sites for hydroxylation is 2. The number of tetrazole rings is 1. The lowest BCUT2D eigenvalue weighted by molar-refractivity contribution is 0.0357. The van der Waals surface area contributed by atoms with Gasteiger partial charge >= 0.3 is 5.69 Å². The van der Waals surface area contributed by atoms with Crippen LogP contribution in [0, 0.1) is 0 Å². The second kappa shape index (κ2) is 9.27. The summed E-state index contributed by atoms with van der Waals surface area (Å²) in [7, 11) is 4.96. The maximum absolute atomic E-state index is 12.7. The van der Waals surface area contributed by atoms with Gasteiger partial charge in [-0.25, -0.2) is 9.48 Å². The van der Waals surface area contributed by atoms with E-state index in [0.717, 1.165) is 76.0 Å². The van der Waals surface area contributed by atoms with Gasteiger partial charge in [-0.2, -0.15) is 4.98 Å². The minimum atomic E-state index is -0.377. The molecule has 0 aromatic carbocycles. The fourth-order valence-electron chi connectivity index (χ4n) is 4.67. The highest BCUT2D eigenvalue weighted by molar-refractivity contribution is 5.74. The Labute approximate surface area is 195 Å². The fourth-order valence-corrected chi connectivity index (χ4v) is 4.67. The Hall–Kier alpha value is -3.10. The molecule has 184 valence electrons. The zero-order valence-electron chi connectivity index (χ0n) is 19.9. The molecule has 5 heterocycles. The zero-order chi connectivity index (χ0) is 23.8. The number of piperazine rings is 1. The minimum absolute atomic E-state index is 0.332. The van der Waals surface area contributed by atoms with Crippen LogP contribution in [0.4, 0.5) is 5.95 Å². The summed E-state index contributed by atoms with van der Waals surface area (Å²) in [5.41, 5.74) is 0.133. The summed E-state index contributed by atoms with van der Waals surface area (Å²) in [6.45, 7) is 8.94. The van der Waals surface area contributed by atoms with Crippen molar-refractivity contribution in [1.82, 2.24) is 48.7 Å². The highest BCUT2D eigenvalue weighted by atomic mass is 16.5. The Balaban J connectivity index is 1.24. The lowest BCUT2D eigenvalue weighted by Gasteiger charge is -2.34. The van der Waals surface area contributed by atoms with Gasteiger partial charge in [-0.05, 0) is 10.4 Å². The zero-order valence-corrected chi connectivity index (χ0v) is 19.9. The van der Waals surface area contributed by atoms with Crippen LogP contribution < -0.4 is 16.1 Å². The molecule has 2 saturated heterocycles. The molecule has 0 unspecified atom stereocenters. The first-order chi connectivity index (χ1) is 16.4. The van der Waals surface area contributed by atoms with Crippen LogP contribution in [0.15, 0.2) is 9.59 Å². The second-order valence-electron chi connectivity index (χ2n) is 8.88. The second-order valence-corrected chi connectivity index (χ2v) is 8.88. The van der Waals surface area contributed by atoms with Gasteiger partial charge in [0.15, 0.2) is 17.0 Å². The molecule has 14 heteroatoms. The van der Waals surface area contributed by atoms with E-state index in [0.29, 0.717) is 23.7 Å². The molecule has 0 spiro atoms. The fraction of sp³-hybridized carbons (Fsp3) is 0.700. The van der Waals surface area contributed by atoms with Crippen LogP contribution in [0.5, 0.6) is 0 Å². The van der Waals surface area contributed by atoms with Crippen molar-refractivity contribution in [3.05, 3.63) is 26.7 Å². The van der Waals surface area contributed by atoms with Crippen LogP contribution in [-0.2, 0) is 39.0 Å². The molecule has 14 nitrogen and oxygen atoms in total. The molecule has 34 heavy (non-hydrogen) atoms. The lowest BCUT2D eigenvalue weighted by Crippen LogP contribution is -2.47. The average Bonchev–Trinajstić information content (AvgIpc) is 3.45. The van der Waals surface area contributed by atoms with E-state index in [4.69, 9.17) is 4.74 Å². The molecule has 0 N–H and O–H groups in total. The third-order valence-electron chi connectivity index (χ3n) is 6.81. The lowest BCUT2D eigenvalue weighted by atomic mass is 10.3. The molecule has 2 aliphatic rings. The van der Waals surface area contributed by atoms with Crippen LogP contribution in [0.3, 0.4) is 0 Å². The van der Waals surface area contributed by atoms with E-state index in [1.807, 2.05) is 11.7 Å². The SMILES string of the molecule is Cn1c(=O)c2c(nc(N3CCN(Cc4nnnn4CCN4CCOCC4)CC3)n2C)n(C)c1=O. The third-order valence-corrected chi connectivity index (χ3v) is 6.81. The number of morpholine rings is 1. The van der Waals surface area contributed by atoms with E-state index in [1.54, 1.807) is 11.6 Å². The molecule has 3 aromatic heterocycles. The summed E-state index contributed by atoms with van der Waals surface area (Å²) in [6.07, 6.45) is 0. The van der Waals surface area contributed by atoms with E-state index in [2.05, 4.69) is 35.2 Å². The van der Waals surface area contributed by atoms with Crippen molar-refractivity contribution in [2.45, 2.75) is 13.1 Å². The number of nitrogens with zero attached hydrogens (tertiary/aromatic N) is 11. The van der Waals surface area contributed by atoms with Crippen molar-refractivity contribution in [3.8, 4) is 0 Å². The van der Waals surface area contributed by atoms with E-state index < -0.39 is 0 Å². The van der Waals surface area contributed by atoms with Crippen LogP contribution in [-0.4, -0.2) is 108 Å². The van der Waals surface area contributed by atoms with E-state index in [-0.39, 0.29) is 11.2 Å². The van der Waals surface area contributed by atoms with Crippen molar-refractivity contribution in [2.75, 3.05) is 63.9 Å². The summed E-state index contributed by atoms with van der Waals surface area (Å²) in [5.74, 6) is 1.56. The van der Waals surface area contributed by atoms with Crippen molar-refractivity contribution >= 4 is 17.1 Å². The number of imidazole rings is 1. The molecule has 0 saturated carbocycles. The van der Waals surface area contributed by atoms with Crippen molar-refractivity contribution < 1.29 is 4.74 Å². The number of ether oxygens (including phenoxy) is 1. The van der Waals surface area contributed by atoms with Gasteiger partial charge in [0.05, 0.1) is 26.3 Å². The largest absolute Gasteiger partial charge is 0.379 e.